The Morgan fingerprint density at radius 1 is 1.50 bits per heavy atom. The van der Waals surface area contributed by atoms with Crippen LogP contribution in [-0.2, 0) is 6.54 Å². The second-order valence-corrected chi connectivity index (χ2v) is 5.65. The number of thiazole rings is 1. The van der Waals surface area contributed by atoms with Crippen LogP contribution in [0.2, 0.25) is 0 Å². The summed E-state index contributed by atoms with van der Waals surface area (Å²) in [5.74, 6) is 0. The number of likely N-dealkylation sites (tertiary alicyclic amines) is 1. The minimum Gasteiger partial charge on any atom is -0.365 e. The lowest BCUT2D eigenvalue weighted by molar-refractivity contribution is 0.208. The predicted octanol–water partition coefficient (Wildman–Crippen LogP) is 2.10. The standard InChI is InChI=1S/C13H24N4S/c1-4-17(5-2)12-6-7-16(9-12)8-11-10-18-13(14-3)15-11/h10,12H,4-9H2,1-3H3,(H,14,15). The molecule has 2 heterocycles. The van der Waals surface area contributed by atoms with Crippen molar-refractivity contribution in [2.24, 2.45) is 0 Å². The summed E-state index contributed by atoms with van der Waals surface area (Å²) in [4.78, 5) is 9.65. The molecule has 1 fully saturated rings. The summed E-state index contributed by atoms with van der Waals surface area (Å²) < 4.78 is 0. The SMILES string of the molecule is CCN(CC)C1CCN(Cc2csc(NC)n2)C1. The van der Waals surface area contributed by atoms with Crippen LogP contribution in [0.3, 0.4) is 0 Å². The van der Waals surface area contributed by atoms with Crippen LogP contribution in [-0.4, -0.2) is 54.1 Å². The van der Waals surface area contributed by atoms with Crippen LogP contribution >= 0.6 is 11.3 Å². The van der Waals surface area contributed by atoms with Crippen LogP contribution in [0, 0.1) is 0 Å². The first kappa shape index (κ1) is 13.8. The molecule has 1 saturated heterocycles. The van der Waals surface area contributed by atoms with Crippen molar-refractivity contribution in [2.45, 2.75) is 32.9 Å². The van der Waals surface area contributed by atoms with Crippen molar-refractivity contribution in [1.82, 2.24) is 14.8 Å². The quantitative estimate of drug-likeness (QED) is 0.856. The van der Waals surface area contributed by atoms with Gasteiger partial charge in [-0.25, -0.2) is 4.98 Å². The topological polar surface area (TPSA) is 31.4 Å². The minimum absolute atomic E-state index is 0.738. The number of anilines is 1. The molecule has 0 bridgehead atoms. The van der Waals surface area contributed by atoms with E-state index in [9.17, 15) is 0 Å². The van der Waals surface area contributed by atoms with E-state index in [2.05, 4.69) is 39.3 Å². The molecule has 1 unspecified atom stereocenters. The van der Waals surface area contributed by atoms with Crippen LogP contribution in [0.15, 0.2) is 5.38 Å². The smallest absolute Gasteiger partial charge is 0.182 e. The molecule has 5 heteroatoms. The second kappa shape index (κ2) is 6.50. The lowest BCUT2D eigenvalue weighted by Crippen LogP contribution is -2.37. The predicted molar refractivity (Wildman–Crippen MR) is 78.3 cm³/mol. The van der Waals surface area contributed by atoms with Crippen molar-refractivity contribution in [3.8, 4) is 0 Å². The Morgan fingerprint density at radius 2 is 2.28 bits per heavy atom. The Kier molecular flexibility index (Phi) is 4.97. The lowest BCUT2D eigenvalue weighted by Gasteiger charge is -2.26. The van der Waals surface area contributed by atoms with Gasteiger partial charge >= 0.3 is 0 Å². The molecule has 4 nitrogen and oxygen atoms in total. The fourth-order valence-electron chi connectivity index (χ4n) is 2.72. The molecule has 2 rings (SSSR count). The highest BCUT2D eigenvalue weighted by Gasteiger charge is 2.26. The van der Waals surface area contributed by atoms with Crippen molar-refractivity contribution in [1.29, 1.82) is 0 Å². The zero-order valence-electron chi connectivity index (χ0n) is 11.6. The first-order valence-corrected chi connectivity index (χ1v) is 7.73. The van der Waals surface area contributed by atoms with E-state index in [1.165, 1.54) is 25.2 Å². The van der Waals surface area contributed by atoms with E-state index in [4.69, 9.17) is 0 Å². The molecule has 0 aliphatic carbocycles. The monoisotopic (exact) mass is 268 g/mol. The fourth-order valence-corrected chi connectivity index (χ4v) is 3.38. The molecule has 102 valence electrons. The Hall–Kier alpha value is -0.650. The van der Waals surface area contributed by atoms with E-state index in [1.54, 1.807) is 11.3 Å². The van der Waals surface area contributed by atoms with Crippen LogP contribution in [0.1, 0.15) is 26.0 Å². The molecule has 1 aromatic rings. The van der Waals surface area contributed by atoms with Gasteiger partial charge in [0, 0.05) is 38.1 Å². The van der Waals surface area contributed by atoms with Gasteiger partial charge in [-0.1, -0.05) is 13.8 Å². The highest BCUT2D eigenvalue weighted by molar-refractivity contribution is 7.13. The van der Waals surface area contributed by atoms with Gasteiger partial charge in [0.15, 0.2) is 5.13 Å². The van der Waals surface area contributed by atoms with Gasteiger partial charge in [0.2, 0.25) is 0 Å². The van der Waals surface area contributed by atoms with Crippen LogP contribution in [0.25, 0.3) is 0 Å². The Bertz CT molecular complexity index is 362. The average Bonchev–Trinajstić information content (AvgIpc) is 3.01. The molecule has 1 atom stereocenters. The minimum atomic E-state index is 0.738. The van der Waals surface area contributed by atoms with Gasteiger partial charge in [-0.3, -0.25) is 9.80 Å². The van der Waals surface area contributed by atoms with Gasteiger partial charge in [0.05, 0.1) is 5.69 Å². The summed E-state index contributed by atoms with van der Waals surface area (Å²) in [6.07, 6.45) is 1.30. The molecule has 1 aromatic heterocycles. The maximum atomic E-state index is 4.55. The van der Waals surface area contributed by atoms with Gasteiger partial charge in [0.1, 0.15) is 0 Å². The summed E-state index contributed by atoms with van der Waals surface area (Å²) in [6, 6.07) is 0.738. The van der Waals surface area contributed by atoms with Crippen molar-refractivity contribution in [3.63, 3.8) is 0 Å². The maximum absolute atomic E-state index is 4.55. The third-order valence-electron chi connectivity index (χ3n) is 3.73. The van der Waals surface area contributed by atoms with Crippen molar-refractivity contribution in [3.05, 3.63) is 11.1 Å². The molecule has 1 aliphatic heterocycles. The molecule has 0 spiro atoms. The van der Waals surface area contributed by atoms with E-state index in [-0.39, 0.29) is 0 Å². The summed E-state index contributed by atoms with van der Waals surface area (Å²) >= 11 is 1.69. The first-order valence-electron chi connectivity index (χ1n) is 6.85. The molecule has 1 N–H and O–H groups in total. The fraction of sp³-hybridized carbons (Fsp3) is 0.769. The number of likely N-dealkylation sites (N-methyl/N-ethyl adjacent to an activating group) is 1. The molecular formula is C13H24N4S. The van der Waals surface area contributed by atoms with E-state index in [0.717, 1.165) is 30.8 Å². The normalized spacial score (nSPS) is 20.8. The molecule has 0 amide bonds. The Labute approximate surface area is 114 Å². The Morgan fingerprint density at radius 3 is 2.89 bits per heavy atom. The number of rotatable bonds is 6. The van der Waals surface area contributed by atoms with E-state index >= 15 is 0 Å². The summed E-state index contributed by atoms with van der Waals surface area (Å²) in [5.41, 5.74) is 1.20. The number of nitrogens with one attached hydrogen (secondary N) is 1. The lowest BCUT2D eigenvalue weighted by atomic mass is 10.2. The number of hydrogen-bond donors (Lipinski definition) is 1. The van der Waals surface area contributed by atoms with E-state index in [1.807, 2.05) is 7.05 Å². The third-order valence-corrected chi connectivity index (χ3v) is 4.64. The van der Waals surface area contributed by atoms with Crippen molar-refractivity contribution >= 4 is 16.5 Å². The van der Waals surface area contributed by atoms with Gasteiger partial charge in [-0.05, 0) is 19.5 Å². The van der Waals surface area contributed by atoms with Crippen LogP contribution in [0.4, 0.5) is 5.13 Å². The molecule has 0 aromatic carbocycles. The average molecular weight is 268 g/mol. The molecule has 0 saturated carbocycles. The summed E-state index contributed by atoms with van der Waals surface area (Å²) in [5, 5.41) is 6.28. The summed E-state index contributed by atoms with van der Waals surface area (Å²) in [6.45, 7) is 10.2. The highest BCUT2D eigenvalue weighted by Crippen LogP contribution is 2.20. The van der Waals surface area contributed by atoms with Crippen LogP contribution in [0.5, 0.6) is 0 Å². The largest absolute Gasteiger partial charge is 0.365 e. The van der Waals surface area contributed by atoms with E-state index < -0.39 is 0 Å². The van der Waals surface area contributed by atoms with E-state index in [0.29, 0.717) is 0 Å². The first-order chi connectivity index (χ1) is 8.76. The molecular weight excluding hydrogens is 244 g/mol. The summed E-state index contributed by atoms with van der Waals surface area (Å²) in [7, 11) is 1.93. The third kappa shape index (κ3) is 3.22. The molecule has 18 heavy (non-hydrogen) atoms. The van der Waals surface area contributed by atoms with Crippen LogP contribution < -0.4 is 5.32 Å². The number of aromatic nitrogens is 1. The van der Waals surface area contributed by atoms with Gasteiger partial charge in [-0.2, -0.15) is 0 Å². The van der Waals surface area contributed by atoms with Crippen molar-refractivity contribution in [2.75, 3.05) is 38.5 Å². The zero-order chi connectivity index (χ0) is 13.0. The number of nitrogens with zero attached hydrogens (tertiary/aromatic N) is 3. The zero-order valence-corrected chi connectivity index (χ0v) is 12.5. The van der Waals surface area contributed by atoms with Gasteiger partial charge in [0.25, 0.3) is 0 Å². The highest BCUT2D eigenvalue weighted by atomic mass is 32.1. The molecule has 0 radical (unpaired) electrons. The number of hydrogen-bond acceptors (Lipinski definition) is 5. The van der Waals surface area contributed by atoms with Gasteiger partial charge < -0.3 is 5.32 Å². The van der Waals surface area contributed by atoms with Crippen molar-refractivity contribution < 1.29 is 0 Å². The Balaban J connectivity index is 1.85. The maximum Gasteiger partial charge on any atom is 0.182 e. The second-order valence-electron chi connectivity index (χ2n) is 4.79. The molecule has 1 aliphatic rings. The van der Waals surface area contributed by atoms with Gasteiger partial charge in [-0.15, -0.1) is 11.3 Å².